The van der Waals surface area contributed by atoms with Gasteiger partial charge < -0.3 is 10.1 Å². The number of ether oxygens (including phenoxy) is 1. The fraction of sp³-hybridized carbons (Fsp3) is 1.00. The molecule has 0 aromatic rings. The van der Waals surface area contributed by atoms with Crippen LogP contribution in [-0.4, -0.2) is 68.3 Å². The number of hydrogen-bond donors (Lipinski definition) is 1. The molecule has 0 unspecified atom stereocenters. The van der Waals surface area contributed by atoms with E-state index >= 15 is 0 Å². The number of hydrogen-bond acceptors (Lipinski definition) is 3. The summed E-state index contributed by atoms with van der Waals surface area (Å²) < 4.78 is 41.2. The van der Waals surface area contributed by atoms with Crippen LogP contribution in [0.2, 0.25) is 0 Å². The second-order valence-electron chi connectivity index (χ2n) is 6.51. The largest absolute Gasteiger partial charge is 0.375 e. The Hall–Kier alpha value is -0.330. The van der Waals surface area contributed by atoms with Gasteiger partial charge in [-0.05, 0) is 27.8 Å². The van der Waals surface area contributed by atoms with Crippen molar-refractivity contribution in [2.75, 3.05) is 46.4 Å². The van der Waals surface area contributed by atoms with Crippen molar-refractivity contribution in [3.63, 3.8) is 0 Å². The van der Waals surface area contributed by atoms with Crippen molar-refractivity contribution >= 4 is 0 Å². The minimum atomic E-state index is -1.00. The van der Waals surface area contributed by atoms with E-state index in [9.17, 15) is 13.2 Å². The predicted molar refractivity (Wildman–Crippen MR) is 69.7 cm³/mol. The third-order valence-corrected chi connectivity index (χ3v) is 2.99. The van der Waals surface area contributed by atoms with E-state index in [0.717, 1.165) is 0 Å². The number of nitrogens with one attached hydrogen (secondary N) is 1. The molecule has 3 aliphatic rings. The van der Waals surface area contributed by atoms with Gasteiger partial charge in [-0.1, -0.05) is 0 Å². The smallest absolute Gasteiger partial charge is 0.154 e. The van der Waals surface area contributed by atoms with Crippen LogP contribution < -0.4 is 5.32 Å². The van der Waals surface area contributed by atoms with Gasteiger partial charge in [-0.3, -0.25) is 4.90 Å². The highest BCUT2D eigenvalue weighted by atomic mass is 19.2. The van der Waals surface area contributed by atoms with Gasteiger partial charge in [-0.25, -0.2) is 13.2 Å². The van der Waals surface area contributed by atoms with Crippen molar-refractivity contribution < 1.29 is 17.9 Å². The molecule has 0 saturated carbocycles. The molecule has 1 N–H and O–H groups in total. The molecule has 0 amide bonds. The molecule has 3 aliphatic heterocycles. The van der Waals surface area contributed by atoms with Crippen LogP contribution in [0.15, 0.2) is 0 Å². The summed E-state index contributed by atoms with van der Waals surface area (Å²) in [5, 5.41) is 2.83. The lowest BCUT2D eigenvalue weighted by atomic mass is 10.0. The highest BCUT2D eigenvalue weighted by Crippen LogP contribution is 2.21. The molecule has 0 atom stereocenters. The molecule has 3 saturated heterocycles. The molecule has 3 heterocycles. The van der Waals surface area contributed by atoms with Crippen molar-refractivity contribution in [3.05, 3.63) is 0 Å². The zero-order chi connectivity index (χ0) is 14.7. The van der Waals surface area contributed by atoms with Gasteiger partial charge in [0.15, 0.2) is 5.67 Å². The highest BCUT2D eigenvalue weighted by molar-refractivity contribution is 4.89. The van der Waals surface area contributed by atoms with Gasteiger partial charge in [-0.15, -0.1) is 0 Å². The van der Waals surface area contributed by atoms with Crippen molar-refractivity contribution in [3.8, 4) is 0 Å². The third kappa shape index (κ3) is 6.58. The fourth-order valence-corrected chi connectivity index (χ4v) is 1.93. The summed E-state index contributed by atoms with van der Waals surface area (Å²) in [7, 11) is 1.92. The van der Waals surface area contributed by atoms with Crippen LogP contribution in [0.25, 0.3) is 0 Å². The lowest BCUT2D eigenvalue weighted by molar-refractivity contribution is -0.118. The zero-order valence-electron chi connectivity index (χ0n) is 12.2. The minimum Gasteiger partial charge on any atom is -0.375 e. The lowest BCUT2D eigenvalue weighted by Crippen LogP contribution is -2.54. The van der Waals surface area contributed by atoms with E-state index in [4.69, 9.17) is 0 Å². The monoisotopic (exact) mass is 282 g/mol. The molecule has 3 rings (SSSR count). The second-order valence-corrected chi connectivity index (χ2v) is 6.51. The van der Waals surface area contributed by atoms with Crippen LogP contribution in [0.5, 0.6) is 0 Å². The molecule has 3 fully saturated rings. The molecule has 0 radical (unpaired) electrons. The Bertz CT molecular complexity index is 258. The fourth-order valence-electron chi connectivity index (χ4n) is 1.93. The average Bonchev–Trinajstić information content (AvgIpc) is 2.12. The highest BCUT2D eigenvalue weighted by Gasteiger charge is 2.35. The van der Waals surface area contributed by atoms with Crippen molar-refractivity contribution in [2.24, 2.45) is 0 Å². The maximum atomic E-state index is 12.4. The van der Waals surface area contributed by atoms with E-state index in [-0.39, 0.29) is 13.2 Å². The number of alkyl halides is 3. The first kappa shape index (κ1) is 16.7. The summed E-state index contributed by atoms with van der Waals surface area (Å²) >= 11 is 0. The maximum absolute atomic E-state index is 12.4. The zero-order valence-corrected chi connectivity index (χ0v) is 12.2. The van der Waals surface area contributed by atoms with Gasteiger partial charge in [-0.2, -0.15) is 0 Å². The van der Waals surface area contributed by atoms with Crippen molar-refractivity contribution in [1.29, 1.82) is 0 Å². The number of nitrogens with zero attached hydrogens (tertiary/aromatic N) is 1. The van der Waals surface area contributed by atoms with Gasteiger partial charge in [0.2, 0.25) is 0 Å². The molecule has 3 nitrogen and oxygen atoms in total. The van der Waals surface area contributed by atoms with Crippen LogP contribution in [0.4, 0.5) is 13.2 Å². The Balaban J connectivity index is 0.000000143. The summed E-state index contributed by atoms with van der Waals surface area (Å²) in [5.74, 6) is 0. The molecule has 6 heteroatoms. The Labute approximate surface area is 113 Å². The van der Waals surface area contributed by atoms with Crippen molar-refractivity contribution in [2.45, 2.75) is 37.8 Å². The Morgan fingerprint density at radius 2 is 1.26 bits per heavy atom. The standard InChI is InChI=1S/C5H10FN.C4H8FN.C4H7FO/c1-5(6)3-7(2)4-5;2*1-4(5)2-6-3-4/h3-4H2,1-2H3;6H,2-3H2,1H3;2-3H2,1H3. The molecule has 0 aromatic carbocycles. The molecule has 0 aromatic heterocycles. The topological polar surface area (TPSA) is 24.5 Å². The lowest BCUT2D eigenvalue weighted by Gasteiger charge is -2.39. The molecule has 19 heavy (non-hydrogen) atoms. The van der Waals surface area contributed by atoms with Crippen molar-refractivity contribution in [1.82, 2.24) is 10.2 Å². The maximum Gasteiger partial charge on any atom is 0.154 e. The van der Waals surface area contributed by atoms with E-state index in [0.29, 0.717) is 26.2 Å². The first-order valence-electron chi connectivity index (χ1n) is 6.55. The van der Waals surface area contributed by atoms with Gasteiger partial charge in [0.05, 0.1) is 13.2 Å². The first-order chi connectivity index (χ1) is 8.52. The SMILES string of the molecule is CC1(F)CNC1.CC1(F)COC1.CN1CC(C)(F)C1. The van der Waals surface area contributed by atoms with Crippen LogP contribution in [0, 0.1) is 0 Å². The normalized spacial score (nSPS) is 29.2. The summed E-state index contributed by atoms with van der Waals surface area (Å²) in [5.41, 5.74) is -2.77. The van der Waals surface area contributed by atoms with Crippen LogP contribution in [0.3, 0.4) is 0 Å². The van der Waals surface area contributed by atoms with Crippen LogP contribution in [-0.2, 0) is 4.74 Å². The quantitative estimate of drug-likeness (QED) is 0.732. The summed E-state index contributed by atoms with van der Waals surface area (Å²) in [6.07, 6.45) is 0. The second kappa shape index (κ2) is 5.97. The van der Waals surface area contributed by atoms with Gasteiger partial charge in [0, 0.05) is 26.2 Å². The number of likely N-dealkylation sites (tertiary alicyclic amines) is 1. The molecule has 114 valence electrons. The molecular formula is C13H25F3N2O. The van der Waals surface area contributed by atoms with E-state index < -0.39 is 17.0 Å². The molecular weight excluding hydrogens is 257 g/mol. The summed E-state index contributed by atoms with van der Waals surface area (Å²) in [4.78, 5) is 1.96. The van der Waals surface area contributed by atoms with E-state index in [1.165, 1.54) is 6.92 Å². The molecule has 0 aliphatic carbocycles. The summed E-state index contributed by atoms with van der Waals surface area (Å²) in [6, 6.07) is 0. The van der Waals surface area contributed by atoms with Crippen LogP contribution >= 0.6 is 0 Å². The molecule has 0 bridgehead atoms. The number of halogens is 3. The van der Waals surface area contributed by atoms with Gasteiger partial charge >= 0.3 is 0 Å². The Morgan fingerprint density at radius 3 is 1.26 bits per heavy atom. The van der Waals surface area contributed by atoms with Gasteiger partial charge in [0.1, 0.15) is 11.3 Å². The summed E-state index contributed by atoms with van der Waals surface area (Å²) in [6.45, 7) is 7.62. The predicted octanol–water partition coefficient (Wildman–Crippen LogP) is 1.72. The minimum absolute atomic E-state index is 0.285. The molecule has 0 spiro atoms. The Kier molecular flexibility index (Phi) is 5.26. The van der Waals surface area contributed by atoms with Gasteiger partial charge in [0.25, 0.3) is 0 Å². The number of rotatable bonds is 0. The van der Waals surface area contributed by atoms with E-state index in [1.807, 2.05) is 11.9 Å². The van der Waals surface area contributed by atoms with Crippen LogP contribution in [0.1, 0.15) is 20.8 Å². The third-order valence-electron chi connectivity index (χ3n) is 2.99. The van der Waals surface area contributed by atoms with E-state index in [2.05, 4.69) is 10.1 Å². The first-order valence-corrected chi connectivity index (χ1v) is 6.55. The van der Waals surface area contributed by atoms with E-state index in [1.54, 1.807) is 13.8 Å². The Morgan fingerprint density at radius 1 is 0.895 bits per heavy atom. The average molecular weight is 282 g/mol.